The molecule has 1 aromatic carbocycles. The first-order valence-corrected chi connectivity index (χ1v) is 11.2. The number of carbonyl (C=O) groups excluding carboxylic acids is 1. The average Bonchev–Trinajstić information content (AvgIpc) is 2.78. The number of amides is 1. The molecular formula is C26H35N3O2. The Morgan fingerprint density at radius 2 is 1.77 bits per heavy atom. The number of pyridine rings is 1. The SMILES string of the molecule is CC(C)(C)c1ccc(/C=C/C(=O)N(CCCN2CCOCC2)Cc2ccncc2)cc1. The predicted molar refractivity (Wildman–Crippen MR) is 126 cm³/mol. The van der Waals surface area contributed by atoms with Gasteiger partial charge in [0.15, 0.2) is 0 Å². The van der Waals surface area contributed by atoms with Crippen LogP contribution in [0, 0.1) is 0 Å². The van der Waals surface area contributed by atoms with Crippen molar-refractivity contribution in [2.45, 2.75) is 39.2 Å². The van der Waals surface area contributed by atoms with Gasteiger partial charge in [-0.05, 0) is 46.7 Å². The highest BCUT2D eigenvalue weighted by atomic mass is 16.5. The average molecular weight is 422 g/mol. The second-order valence-corrected chi connectivity index (χ2v) is 9.13. The molecule has 1 aromatic heterocycles. The summed E-state index contributed by atoms with van der Waals surface area (Å²) in [6.07, 6.45) is 8.11. The minimum Gasteiger partial charge on any atom is -0.379 e. The molecule has 1 aliphatic rings. The second kappa shape index (κ2) is 11.2. The van der Waals surface area contributed by atoms with Crippen LogP contribution in [0.4, 0.5) is 0 Å². The summed E-state index contributed by atoms with van der Waals surface area (Å²) in [6.45, 7) is 12.5. The monoisotopic (exact) mass is 421 g/mol. The lowest BCUT2D eigenvalue weighted by Gasteiger charge is -2.28. The van der Waals surface area contributed by atoms with E-state index in [0.717, 1.165) is 56.9 Å². The van der Waals surface area contributed by atoms with E-state index >= 15 is 0 Å². The summed E-state index contributed by atoms with van der Waals surface area (Å²) in [5.74, 6) is 0.0405. The number of rotatable bonds is 8. The van der Waals surface area contributed by atoms with Crippen molar-refractivity contribution in [1.29, 1.82) is 0 Å². The van der Waals surface area contributed by atoms with E-state index in [9.17, 15) is 4.79 Å². The van der Waals surface area contributed by atoms with Crippen molar-refractivity contribution in [3.8, 4) is 0 Å². The van der Waals surface area contributed by atoms with Gasteiger partial charge >= 0.3 is 0 Å². The highest BCUT2D eigenvalue weighted by molar-refractivity contribution is 5.91. The molecule has 0 saturated carbocycles. The molecule has 0 spiro atoms. The second-order valence-electron chi connectivity index (χ2n) is 9.13. The Bertz CT molecular complexity index is 835. The van der Waals surface area contributed by atoms with Gasteiger partial charge in [0.25, 0.3) is 0 Å². The van der Waals surface area contributed by atoms with E-state index < -0.39 is 0 Å². The van der Waals surface area contributed by atoms with Gasteiger partial charge in [-0.3, -0.25) is 14.7 Å². The van der Waals surface area contributed by atoms with Crippen molar-refractivity contribution >= 4 is 12.0 Å². The van der Waals surface area contributed by atoms with Crippen LogP contribution in [0.1, 0.15) is 43.9 Å². The van der Waals surface area contributed by atoms with Crippen LogP contribution in [0.15, 0.2) is 54.9 Å². The molecule has 0 bridgehead atoms. The van der Waals surface area contributed by atoms with Gasteiger partial charge in [0, 0.05) is 51.2 Å². The first-order chi connectivity index (χ1) is 14.9. The van der Waals surface area contributed by atoms with Crippen molar-refractivity contribution in [3.63, 3.8) is 0 Å². The molecule has 5 heteroatoms. The zero-order valence-electron chi connectivity index (χ0n) is 19.1. The van der Waals surface area contributed by atoms with Crippen LogP contribution in [-0.4, -0.2) is 60.1 Å². The fourth-order valence-corrected chi connectivity index (χ4v) is 3.65. The highest BCUT2D eigenvalue weighted by Gasteiger charge is 2.15. The third kappa shape index (κ3) is 7.60. The molecule has 166 valence electrons. The Labute approximate surface area is 186 Å². The molecule has 0 unspecified atom stereocenters. The van der Waals surface area contributed by atoms with Gasteiger partial charge in [0.1, 0.15) is 0 Å². The number of hydrogen-bond donors (Lipinski definition) is 0. The number of nitrogens with zero attached hydrogens (tertiary/aromatic N) is 3. The first kappa shape index (κ1) is 23.2. The zero-order valence-corrected chi connectivity index (χ0v) is 19.1. The van der Waals surface area contributed by atoms with E-state index in [1.54, 1.807) is 18.5 Å². The lowest BCUT2D eigenvalue weighted by atomic mass is 9.87. The maximum Gasteiger partial charge on any atom is 0.246 e. The third-order valence-corrected chi connectivity index (χ3v) is 5.64. The minimum absolute atomic E-state index is 0.0405. The largest absolute Gasteiger partial charge is 0.379 e. The van der Waals surface area contributed by atoms with Gasteiger partial charge in [-0.15, -0.1) is 0 Å². The first-order valence-electron chi connectivity index (χ1n) is 11.2. The number of hydrogen-bond acceptors (Lipinski definition) is 4. The highest BCUT2D eigenvalue weighted by Crippen LogP contribution is 2.22. The molecule has 1 saturated heterocycles. The van der Waals surface area contributed by atoms with Gasteiger partial charge < -0.3 is 9.64 Å². The van der Waals surface area contributed by atoms with Crippen LogP contribution in [0.25, 0.3) is 6.08 Å². The fraction of sp³-hybridized carbons (Fsp3) is 0.462. The Morgan fingerprint density at radius 1 is 1.10 bits per heavy atom. The van der Waals surface area contributed by atoms with E-state index in [1.807, 2.05) is 23.1 Å². The molecule has 0 radical (unpaired) electrons. The van der Waals surface area contributed by atoms with Crippen LogP contribution in [0.5, 0.6) is 0 Å². The van der Waals surface area contributed by atoms with E-state index in [1.165, 1.54) is 5.56 Å². The number of benzene rings is 1. The Morgan fingerprint density at radius 3 is 2.42 bits per heavy atom. The number of aromatic nitrogens is 1. The van der Waals surface area contributed by atoms with Gasteiger partial charge in [-0.1, -0.05) is 45.0 Å². The van der Waals surface area contributed by atoms with Crippen LogP contribution >= 0.6 is 0 Å². The number of morpholine rings is 1. The summed E-state index contributed by atoms with van der Waals surface area (Å²) in [5.41, 5.74) is 3.55. The summed E-state index contributed by atoms with van der Waals surface area (Å²) in [4.78, 5) is 21.4. The number of carbonyl (C=O) groups is 1. The van der Waals surface area contributed by atoms with Crippen LogP contribution < -0.4 is 0 Å². The molecule has 31 heavy (non-hydrogen) atoms. The molecule has 1 aliphatic heterocycles. The Hall–Kier alpha value is -2.50. The Balaban J connectivity index is 1.62. The quantitative estimate of drug-likeness (QED) is 0.601. The summed E-state index contributed by atoms with van der Waals surface area (Å²) in [6, 6.07) is 12.4. The molecular weight excluding hydrogens is 386 g/mol. The molecule has 0 atom stereocenters. The lowest BCUT2D eigenvalue weighted by molar-refractivity contribution is -0.126. The van der Waals surface area contributed by atoms with Gasteiger partial charge in [0.05, 0.1) is 13.2 Å². The van der Waals surface area contributed by atoms with E-state index in [-0.39, 0.29) is 11.3 Å². The number of ether oxygens (including phenoxy) is 1. The molecule has 2 heterocycles. The maximum absolute atomic E-state index is 13.0. The van der Waals surface area contributed by atoms with Crippen LogP contribution in [0.3, 0.4) is 0 Å². The molecule has 5 nitrogen and oxygen atoms in total. The predicted octanol–water partition coefficient (Wildman–Crippen LogP) is 4.14. The smallest absolute Gasteiger partial charge is 0.246 e. The van der Waals surface area contributed by atoms with E-state index in [2.05, 4.69) is 54.9 Å². The summed E-state index contributed by atoms with van der Waals surface area (Å²) >= 11 is 0. The maximum atomic E-state index is 13.0. The van der Waals surface area contributed by atoms with Gasteiger partial charge in [0.2, 0.25) is 5.91 Å². The van der Waals surface area contributed by atoms with Crippen LogP contribution in [0.2, 0.25) is 0 Å². The van der Waals surface area contributed by atoms with Crippen LogP contribution in [-0.2, 0) is 21.5 Å². The van der Waals surface area contributed by atoms with Crippen molar-refractivity contribution in [2.24, 2.45) is 0 Å². The minimum atomic E-state index is 0.0405. The lowest BCUT2D eigenvalue weighted by Crippen LogP contribution is -2.38. The fourth-order valence-electron chi connectivity index (χ4n) is 3.65. The van der Waals surface area contributed by atoms with E-state index in [0.29, 0.717) is 6.54 Å². The molecule has 1 amide bonds. The van der Waals surface area contributed by atoms with E-state index in [4.69, 9.17) is 4.74 Å². The van der Waals surface area contributed by atoms with Crippen molar-refractivity contribution in [3.05, 3.63) is 71.6 Å². The topological polar surface area (TPSA) is 45.7 Å². The van der Waals surface area contributed by atoms with Crippen molar-refractivity contribution < 1.29 is 9.53 Å². The normalized spacial score (nSPS) is 15.3. The summed E-state index contributed by atoms with van der Waals surface area (Å²) in [5, 5.41) is 0. The zero-order chi connectivity index (χ0) is 22.1. The third-order valence-electron chi connectivity index (χ3n) is 5.64. The molecule has 0 aliphatic carbocycles. The Kier molecular flexibility index (Phi) is 8.38. The van der Waals surface area contributed by atoms with Gasteiger partial charge in [-0.25, -0.2) is 0 Å². The molecule has 0 N–H and O–H groups in total. The van der Waals surface area contributed by atoms with Crippen molar-refractivity contribution in [2.75, 3.05) is 39.4 Å². The molecule has 1 fully saturated rings. The van der Waals surface area contributed by atoms with Crippen molar-refractivity contribution in [1.82, 2.24) is 14.8 Å². The molecule has 2 aromatic rings. The standard InChI is InChI=1S/C26H35N3O2/c1-26(2,3)24-8-5-22(6-9-24)7-10-25(30)29(21-23-11-13-27-14-12-23)16-4-15-28-17-19-31-20-18-28/h5-14H,4,15-21H2,1-3H3/b10-7+. The summed E-state index contributed by atoms with van der Waals surface area (Å²) < 4.78 is 5.42. The summed E-state index contributed by atoms with van der Waals surface area (Å²) in [7, 11) is 0. The van der Waals surface area contributed by atoms with Gasteiger partial charge in [-0.2, -0.15) is 0 Å². The molecule has 3 rings (SSSR count).